The Hall–Kier alpha value is -4.04. The Morgan fingerprint density at radius 1 is 0.879 bits per heavy atom. The third kappa shape index (κ3) is 4.61. The van der Waals surface area contributed by atoms with E-state index >= 15 is 0 Å². The second-order valence-corrected chi connectivity index (χ2v) is 8.34. The predicted octanol–water partition coefficient (Wildman–Crippen LogP) is 5.67. The second kappa shape index (κ2) is 8.84. The number of thioether (sulfide) groups is 1. The largest absolute Gasteiger partial charge is 0.481 e. The maximum absolute atomic E-state index is 13.9. The van der Waals surface area contributed by atoms with E-state index in [1.165, 1.54) is 12.3 Å². The van der Waals surface area contributed by atoms with Gasteiger partial charge in [-0.15, -0.1) is 5.10 Å². The maximum Gasteiger partial charge on any atom is 0.313 e. The smallest absolute Gasteiger partial charge is 0.313 e. The number of hydrogen-bond acceptors (Lipinski definition) is 5. The van der Waals surface area contributed by atoms with E-state index in [1.54, 1.807) is 6.20 Å². The summed E-state index contributed by atoms with van der Waals surface area (Å²) in [5.41, 5.74) is 4.09. The fourth-order valence-electron chi connectivity index (χ4n) is 3.60. The van der Waals surface area contributed by atoms with Crippen LogP contribution in [0.25, 0.3) is 44.4 Å². The molecule has 2 aromatic heterocycles. The van der Waals surface area contributed by atoms with Gasteiger partial charge in [-0.25, -0.2) is 9.37 Å². The molecule has 0 atom stereocenters. The summed E-state index contributed by atoms with van der Waals surface area (Å²) in [7, 11) is 0. The number of nitrogens with one attached hydrogen (secondary N) is 1. The van der Waals surface area contributed by atoms with Crippen molar-refractivity contribution in [2.24, 2.45) is 0 Å². The van der Waals surface area contributed by atoms with E-state index in [4.69, 9.17) is 5.11 Å². The SMILES string of the molecule is O=C(O)CSc1n[nH]c(-c2cc(-c3cncc(F)c3)cc(-c3ccc4ccccc4c3)c2)n1. The molecule has 0 radical (unpaired) electrons. The number of carboxylic acids is 1. The monoisotopic (exact) mass is 456 g/mol. The highest BCUT2D eigenvalue weighted by Crippen LogP contribution is 2.33. The van der Waals surface area contributed by atoms with Gasteiger partial charge in [0, 0.05) is 17.3 Å². The number of halogens is 1. The molecule has 0 aliphatic carbocycles. The average Bonchev–Trinajstić information content (AvgIpc) is 3.31. The van der Waals surface area contributed by atoms with Crippen molar-refractivity contribution >= 4 is 28.5 Å². The lowest BCUT2D eigenvalue weighted by Crippen LogP contribution is -1.97. The standard InChI is InChI=1S/C25H17FN4O2S/c26-22-11-21(12-27-13-22)19-8-18(17-6-5-15-3-1-2-4-16(15)7-17)9-20(10-19)24-28-25(30-29-24)33-14-23(31)32/h1-13H,14H2,(H,31,32)(H,28,29,30). The summed E-state index contributed by atoms with van der Waals surface area (Å²) in [6.45, 7) is 0. The molecule has 8 heteroatoms. The number of nitrogens with zero attached hydrogens (tertiary/aromatic N) is 3. The molecule has 5 aromatic rings. The Labute approximate surface area is 192 Å². The molecule has 0 fully saturated rings. The van der Waals surface area contributed by atoms with Crippen LogP contribution in [0.5, 0.6) is 0 Å². The lowest BCUT2D eigenvalue weighted by molar-refractivity contribution is -0.133. The van der Waals surface area contributed by atoms with E-state index < -0.39 is 11.8 Å². The summed E-state index contributed by atoms with van der Waals surface area (Å²) in [5, 5.41) is 18.5. The molecule has 6 nitrogen and oxygen atoms in total. The zero-order valence-electron chi connectivity index (χ0n) is 17.2. The van der Waals surface area contributed by atoms with Crippen molar-refractivity contribution in [1.29, 1.82) is 0 Å². The molecule has 0 aliphatic heterocycles. The van der Waals surface area contributed by atoms with Gasteiger partial charge >= 0.3 is 5.97 Å². The van der Waals surface area contributed by atoms with Gasteiger partial charge in [0.2, 0.25) is 5.16 Å². The van der Waals surface area contributed by atoms with Crippen LogP contribution in [0.15, 0.2) is 84.3 Å². The van der Waals surface area contributed by atoms with Crippen LogP contribution in [0.3, 0.4) is 0 Å². The zero-order chi connectivity index (χ0) is 22.8. The molecule has 0 amide bonds. The summed E-state index contributed by atoms with van der Waals surface area (Å²) >= 11 is 1.04. The maximum atomic E-state index is 13.9. The molecule has 33 heavy (non-hydrogen) atoms. The summed E-state index contributed by atoms with van der Waals surface area (Å²) < 4.78 is 13.9. The van der Waals surface area contributed by atoms with Crippen LogP contribution >= 0.6 is 11.8 Å². The molecule has 0 spiro atoms. The number of aromatic nitrogens is 4. The summed E-state index contributed by atoms with van der Waals surface area (Å²) in [5.74, 6) is -0.992. The predicted molar refractivity (Wildman–Crippen MR) is 126 cm³/mol. The van der Waals surface area contributed by atoms with Gasteiger partial charge in [0.1, 0.15) is 5.82 Å². The zero-order valence-corrected chi connectivity index (χ0v) is 18.0. The quantitative estimate of drug-likeness (QED) is 0.320. The molecule has 3 aromatic carbocycles. The molecule has 0 bridgehead atoms. The normalized spacial score (nSPS) is 11.1. The molecule has 2 heterocycles. The first-order chi connectivity index (χ1) is 16.0. The first kappa shape index (κ1) is 20.8. The number of H-pyrrole nitrogens is 1. The van der Waals surface area contributed by atoms with Crippen LogP contribution in [0.1, 0.15) is 0 Å². The minimum atomic E-state index is -0.939. The van der Waals surface area contributed by atoms with E-state index in [0.29, 0.717) is 16.5 Å². The molecular weight excluding hydrogens is 439 g/mol. The molecule has 5 rings (SSSR count). The molecule has 2 N–H and O–H groups in total. The number of aliphatic carboxylic acids is 1. The Bertz CT molecular complexity index is 1480. The van der Waals surface area contributed by atoms with Gasteiger partial charge < -0.3 is 5.11 Å². The Balaban J connectivity index is 1.62. The van der Waals surface area contributed by atoms with Crippen molar-refractivity contribution in [3.05, 3.63) is 84.9 Å². The van der Waals surface area contributed by atoms with Gasteiger partial charge in [0.15, 0.2) is 5.82 Å². The van der Waals surface area contributed by atoms with E-state index in [2.05, 4.69) is 44.4 Å². The van der Waals surface area contributed by atoms with Crippen molar-refractivity contribution in [2.45, 2.75) is 5.16 Å². The Morgan fingerprint density at radius 3 is 2.42 bits per heavy atom. The molecule has 0 saturated heterocycles. The number of carbonyl (C=O) groups is 1. The van der Waals surface area contributed by atoms with Crippen molar-refractivity contribution in [3.63, 3.8) is 0 Å². The minimum Gasteiger partial charge on any atom is -0.481 e. The second-order valence-electron chi connectivity index (χ2n) is 7.40. The highest BCUT2D eigenvalue weighted by molar-refractivity contribution is 7.99. The van der Waals surface area contributed by atoms with Crippen LogP contribution in [0.4, 0.5) is 4.39 Å². The van der Waals surface area contributed by atoms with Gasteiger partial charge in [-0.1, -0.05) is 48.2 Å². The van der Waals surface area contributed by atoms with Crippen LogP contribution in [-0.2, 0) is 4.79 Å². The molecule has 0 saturated carbocycles. The summed E-state index contributed by atoms with van der Waals surface area (Å²) in [6, 6.07) is 21.6. The Kier molecular flexibility index (Phi) is 5.58. The van der Waals surface area contributed by atoms with Crippen LogP contribution in [-0.4, -0.2) is 37.0 Å². The lowest BCUT2D eigenvalue weighted by Gasteiger charge is -2.10. The van der Waals surface area contributed by atoms with Gasteiger partial charge in [-0.2, -0.15) is 0 Å². The van der Waals surface area contributed by atoms with Crippen molar-refractivity contribution in [1.82, 2.24) is 20.2 Å². The molecule has 0 aliphatic rings. The van der Waals surface area contributed by atoms with E-state index in [-0.39, 0.29) is 5.75 Å². The lowest BCUT2D eigenvalue weighted by atomic mass is 9.95. The van der Waals surface area contributed by atoms with E-state index in [9.17, 15) is 9.18 Å². The number of carboxylic acid groups (broad SMARTS) is 1. The first-order valence-corrected chi connectivity index (χ1v) is 11.1. The van der Waals surface area contributed by atoms with Crippen LogP contribution < -0.4 is 0 Å². The fourth-order valence-corrected chi connectivity index (χ4v) is 4.12. The summed E-state index contributed by atoms with van der Waals surface area (Å²) in [6.07, 6.45) is 2.78. The number of rotatable bonds is 6. The number of aromatic amines is 1. The van der Waals surface area contributed by atoms with Gasteiger partial charge in [-0.3, -0.25) is 14.9 Å². The third-order valence-electron chi connectivity index (χ3n) is 5.12. The van der Waals surface area contributed by atoms with Gasteiger partial charge in [0.05, 0.1) is 11.9 Å². The van der Waals surface area contributed by atoms with Crippen molar-refractivity contribution < 1.29 is 14.3 Å². The Morgan fingerprint density at radius 2 is 1.64 bits per heavy atom. The number of benzene rings is 3. The first-order valence-electron chi connectivity index (χ1n) is 10.1. The number of hydrogen-bond donors (Lipinski definition) is 2. The van der Waals surface area contributed by atoms with E-state index in [1.807, 2.05) is 36.4 Å². The summed E-state index contributed by atoms with van der Waals surface area (Å²) in [4.78, 5) is 19.3. The highest BCUT2D eigenvalue weighted by Gasteiger charge is 2.13. The molecule has 162 valence electrons. The third-order valence-corrected chi connectivity index (χ3v) is 5.95. The average molecular weight is 457 g/mol. The van der Waals surface area contributed by atoms with Crippen LogP contribution in [0, 0.1) is 5.82 Å². The minimum absolute atomic E-state index is 0.130. The highest BCUT2D eigenvalue weighted by atomic mass is 32.2. The number of pyridine rings is 1. The van der Waals surface area contributed by atoms with Crippen LogP contribution in [0.2, 0.25) is 0 Å². The number of fused-ring (bicyclic) bond motifs is 1. The topological polar surface area (TPSA) is 91.8 Å². The van der Waals surface area contributed by atoms with Crippen molar-refractivity contribution in [3.8, 4) is 33.6 Å². The van der Waals surface area contributed by atoms with Gasteiger partial charge in [-0.05, 0) is 57.8 Å². The van der Waals surface area contributed by atoms with Crippen molar-refractivity contribution in [2.75, 3.05) is 5.75 Å². The molecular formula is C25H17FN4O2S. The van der Waals surface area contributed by atoms with Gasteiger partial charge in [0.25, 0.3) is 0 Å². The van der Waals surface area contributed by atoms with E-state index in [0.717, 1.165) is 44.8 Å². The fraction of sp³-hybridized carbons (Fsp3) is 0.0400. The molecule has 0 unspecified atom stereocenters.